The van der Waals surface area contributed by atoms with Gasteiger partial charge in [-0.2, -0.15) is 0 Å². The minimum atomic E-state index is -0.244. The first-order valence-electron chi connectivity index (χ1n) is 4.97. The maximum absolute atomic E-state index is 11.2. The molecule has 0 aromatic heterocycles. The summed E-state index contributed by atoms with van der Waals surface area (Å²) < 4.78 is 0. The number of rotatable bonds is 5. The summed E-state index contributed by atoms with van der Waals surface area (Å²) in [6, 6.07) is 6.80. The molecule has 0 unspecified atom stereocenters. The van der Waals surface area contributed by atoms with Crippen molar-refractivity contribution in [2.75, 3.05) is 0 Å². The van der Waals surface area contributed by atoms with E-state index in [1.165, 1.54) is 13.0 Å². The van der Waals surface area contributed by atoms with Crippen molar-refractivity contribution in [3.05, 3.63) is 46.3 Å². The molecule has 0 atom stereocenters. The minimum absolute atomic E-state index is 0.0907. The zero-order valence-corrected chi connectivity index (χ0v) is 9.33. The molecule has 0 radical (unpaired) electrons. The molecule has 5 nitrogen and oxygen atoms in total. The van der Waals surface area contributed by atoms with Crippen molar-refractivity contribution >= 4 is 23.3 Å². The van der Waals surface area contributed by atoms with Crippen LogP contribution in [-0.4, -0.2) is 11.6 Å². The molecule has 0 bridgehead atoms. The lowest BCUT2D eigenvalue weighted by Gasteiger charge is -1.95. The lowest BCUT2D eigenvalue weighted by atomic mass is 10.1. The second-order valence-electron chi connectivity index (χ2n) is 3.46. The smallest absolute Gasteiger partial charge is 0.163 e. The number of ketones is 2. The van der Waals surface area contributed by atoms with Gasteiger partial charge in [0, 0.05) is 10.6 Å². The van der Waals surface area contributed by atoms with E-state index in [0.29, 0.717) is 5.69 Å². The standard InChI is InChI=1S/C12H11N3O2/c1-9(16)7-12(17)6-5-10-3-2-4-11(8-10)14-15-13/h2-6,8H,7H2,1H3. The third-order valence-electron chi connectivity index (χ3n) is 1.92. The van der Waals surface area contributed by atoms with Crippen molar-refractivity contribution in [3.8, 4) is 0 Å². The summed E-state index contributed by atoms with van der Waals surface area (Å²) in [5.41, 5.74) is 9.50. The fourth-order valence-electron chi connectivity index (χ4n) is 1.24. The quantitative estimate of drug-likeness (QED) is 0.255. The highest BCUT2D eigenvalue weighted by atomic mass is 16.1. The average Bonchev–Trinajstić information content (AvgIpc) is 2.26. The average molecular weight is 229 g/mol. The number of benzene rings is 1. The van der Waals surface area contributed by atoms with Crippen LogP contribution in [-0.2, 0) is 9.59 Å². The van der Waals surface area contributed by atoms with E-state index < -0.39 is 0 Å². The first-order valence-corrected chi connectivity index (χ1v) is 4.97. The van der Waals surface area contributed by atoms with E-state index in [9.17, 15) is 9.59 Å². The van der Waals surface area contributed by atoms with Crippen molar-refractivity contribution in [3.63, 3.8) is 0 Å². The number of nitrogens with zero attached hydrogens (tertiary/aromatic N) is 3. The first kappa shape index (κ1) is 12.7. The molecule has 0 amide bonds. The number of allylic oxidation sites excluding steroid dienone is 1. The molecule has 1 rings (SSSR count). The van der Waals surface area contributed by atoms with Gasteiger partial charge >= 0.3 is 0 Å². The van der Waals surface area contributed by atoms with Crippen LogP contribution in [0.3, 0.4) is 0 Å². The Labute approximate surface area is 98.4 Å². The molecule has 86 valence electrons. The molecular formula is C12H11N3O2. The molecule has 0 saturated heterocycles. The van der Waals surface area contributed by atoms with Crippen molar-refractivity contribution in [2.24, 2.45) is 5.11 Å². The van der Waals surface area contributed by atoms with E-state index >= 15 is 0 Å². The molecule has 0 fully saturated rings. The fourth-order valence-corrected chi connectivity index (χ4v) is 1.24. The van der Waals surface area contributed by atoms with Crippen LogP contribution in [0.15, 0.2) is 35.5 Å². The van der Waals surface area contributed by atoms with Crippen LogP contribution < -0.4 is 0 Å². The Morgan fingerprint density at radius 1 is 1.47 bits per heavy atom. The summed E-state index contributed by atoms with van der Waals surface area (Å²) in [4.78, 5) is 24.6. The second-order valence-corrected chi connectivity index (χ2v) is 3.46. The predicted octanol–water partition coefficient (Wildman–Crippen LogP) is 3.19. The van der Waals surface area contributed by atoms with Gasteiger partial charge in [-0.1, -0.05) is 29.4 Å². The number of carbonyl (C=O) groups is 2. The van der Waals surface area contributed by atoms with Crippen LogP contribution in [0.5, 0.6) is 0 Å². The molecule has 0 saturated carbocycles. The molecule has 0 heterocycles. The molecular weight excluding hydrogens is 218 g/mol. The normalized spacial score (nSPS) is 9.94. The summed E-state index contributed by atoms with van der Waals surface area (Å²) in [6.07, 6.45) is 2.84. The Hall–Kier alpha value is -2.39. The Kier molecular flexibility index (Phi) is 4.66. The number of carbonyl (C=O) groups excluding carboxylic acids is 2. The summed E-state index contributed by atoms with van der Waals surface area (Å²) in [7, 11) is 0. The van der Waals surface area contributed by atoms with Gasteiger partial charge < -0.3 is 0 Å². The van der Waals surface area contributed by atoms with Crippen LogP contribution >= 0.6 is 0 Å². The highest BCUT2D eigenvalue weighted by Crippen LogP contribution is 2.15. The SMILES string of the molecule is CC(=O)CC(=O)C=Cc1cccc(N=[N+]=[N-])c1. The summed E-state index contributed by atoms with van der Waals surface area (Å²) in [5.74, 6) is -0.408. The van der Waals surface area contributed by atoms with Crippen LogP contribution in [0, 0.1) is 0 Å². The number of hydrogen-bond donors (Lipinski definition) is 0. The fraction of sp³-hybridized carbons (Fsp3) is 0.167. The molecule has 5 heteroatoms. The third-order valence-corrected chi connectivity index (χ3v) is 1.92. The van der Waals surface area contributed by atoms with Gasteiger partial charge in [0.15, 0.2) is 5.78 Å². The third kappa shape index (κ3) is 4.77. The molecule has 17 heavy (non-hydrogen) atoms. The van der Waals surface area contributed by atoms with Gasteiger partial charge in [0.25, 0.3) is 0 Å². The van der Waals surface area contributed by atoms with Crippen molar-refractivity contribution < 1.29 is 9.59 Å². The van der Waals surface area contributed by atoms with Gasteiger partial charge in [0.2, 0.25) is 0 Å². The van der Waals surface area contributed by atoms with Gasteiger partial charge in [-0.3, -0.25) is 9.59 Å². The van der Waals surface area contributed by atoms with E-state index in [4.69, 9.17) is 5.53 Å². The summed E-state index contributed by atoms with van der Waals surface area (Å²) in [5, 5.41) is 3.45. The van der Waals surface area contributed by atoms with Gasteiger partial charge in [-0.15, -0.1) is 0 Å². The Morgan fingerprint density at radius 2 is 2.24 bits per heavy atom. The lowest BCUT2D eigenvalue weighted by Crippen LogP contribution is -1.99. The Morgan fingerprint density at radius 3 is 2.88 bits per heavy atom. The number of Topliss-reactive ketones (excluding diaryl/α,β-unsaturated/α-hetero) is 1. The largest absolute Gasteiger partial charge is 0.300 e. The molecule has 1 aromatic rings. The van der Waals surface area contributed by atoms with Crippen LogP contribution in [0.1, 0.15) is 18.9 Å². The molecule has 0 aliphatic carbocycles. The summed E-state index contributed by atoms with van der Waals surface area (Å²) >= 11 is 0. The maximum Gasteiger partial charge on any atom is 0.163 e. The van der Waals surface area contributed by atoms with Crippen molar-refractivity contribution in [1.29, 1.82) is 0 Å². The zero-order valence-electron chi connectivity index (χ0n) is 9.33. The van der Waals surface area contributed by atoms with Gasteiger partial charge in [0.1, 0.15) is 5.78 Å². The molecule has 0 aliphatic heterocycles. The first-order chi connectivity index (χ1) is 8.11. The monoisotopic (exact) mass is 229 g/mol. The predicted molar refractivity (Wildman–Crippen MR) is 64.6 cm³/mol. The molecule has 0 N–H and O–H groups in total. The Bertz CT molecular complexity index is 514. The van der Waals surface area contributed by atoms with E-state index in [0.717, 1.165) is 5.56 Å². The number of hydrogen-bond acceptors (Lipinski definition) is 3. The molecule has 0 aliphatic rings. The van der Waals surface area contributed by atoms with E-state index in [1.807, 2.05) is 0 Å². The van der Waals surface area contributed by atoms with Gasteiger partial charge in [0.05, 0.1) is 6.42 Å². The van der Waals surface area contributed by atoms with Crippen LogP contribution in [0.2, 0.25) is 0 Å². The van der Waals surface area contributed by atoms with Crippen molar-refractivity contribution in [1.82, 2.24) is 0 Å². The second kappa shape index (κ2) is 6.25. The maximum atomic E-state index is 11.2. The van der Waals surface area contributed by atoms with Crippen molar-refractivity contribution in [2.45, 2.75) is 13.3 Å². The molecule has 0 spiro atoms. The van der Waals surface area contributed by atoms with Gasteiger partial charge in [-0.25, -0.2) is 0 Å². The van der Waals surface area contributed by atoms with E-state index in [-0.39, 0.29) is 18.0 Å². The highest BCUT2D eigenvalue weighted by Gasteiger charge is 2.00. The van der Waals surface area contributed by atoms with E-state index in [1.54, 1.807) is 30.3 Å². The van der Waals surface area contributed by atoms with E-state index in [2.05, 4.69) is 10.0 Å². The molecule has 1 aromatic carbocycles. The zero-order chi connectivity index (χ0) is 12.7. The topological polar surface area (TPSA) is 82.9 Å². The summed E-state index contributed by atoms with van der Waals surface area (Å²) in [6.45, 7) is 1.37. The number of azide groups is 1. The van der Waals surface area contributed by atoms with Crippen LogP contribution in [0.25, 0.3) is 16.5 Å². The lowest BCUT2D eigenvalue weighted by molar-refractivity contribution is -0.123. The van der Waals surface area contributed by atoms with Crippen LogP contribution in [0.4, 0.5) is 5.69 Å². The minimum Gasteiger partial charge on any atom is -0.300 e. The highest BCUT2D eigenvalue weighted by molar-refractivity contribution is 6.05. The van der Waals surface area contributed by atoms with Gasteiger partial charge in [-0.05, 0) is 30.2 Å². The Balaban J connectivity index is 2.77.